The Kier molecular flexibility index (Phi) is 6.81. The van der Waals surface area contributed by atoms with E-state index in [0.29, 0.717) is 11.7 Å². The van der Waals surface area contributed by atoms with Gasteiger partial charge in [0, 0.05) is 5.69 Å². The van der Waals surface area contributed by atoms with Crippen molar-refractivity contribution >= 4 is 51.7 Å². The van der Waals surface area contributed by atoms with Crippen LogP contribution in [0.4, 0.5) is 5.69 Å². The summed E-state index contributed by atoms with van der Waals surface area (Å²) in [5, 5.41) is 4.12. The lowest BCUT2D eigenvalue weighted by atomic mass is 10.2. The number of benzene rings is 3. The van der Waals surface area contributed by atoms with E-state index < -0.39 is 0 Å². The Morgan fingerprint density at radius 2 is 1.58 bits per heavy atom. The summed E-state index contributed by atoms with van der Waals surface area (Å²) in [6.45, 7) is 0.689. The topological polar surface area (TPSA) is 71.0 Å². The summed E-state index contributed by atoms with van der Waals surface area (Å²) in [6.07, 6.45) is 0. The second kappa shape index (κ2) is 10.1. The highest BCUT2D eigenvalue weighted by Crippen LogP contribution is 2.25. The summed E-state index contributed by atoms with van der Waals surface area (Å²) >= 11 is 6.60. The molecule has 0 aliphatic rings. The van der Waals surface area contributed by atoms with Gasteiger partial charge in [0.2, 0.25) is 5.91 Å². The van der Waals surface area contributed by atoms with Gasteiger partial charge in [-0.15, -0.1) is 0 Å². The third kappa shape index (κ3) is 5.62. The quantitative estimate of drug-likeness (QED) is 0.234. The van der Waals surface area contributed by atoms with Crippen LogP contribution in [-0.2, 0) is 11.3 Å². The number of imidazole rings is 1. The fourth-order valence-corrected chi connectivity index (χ4v) is 4.04. The first-order chi connectivity index (χ1) is 15.2. The summed E-state index contributed by atoms with van der Waals surface area (Å²) in [5.74, 6) is 0.0134. The zero-order valence-electron chi connectivity index (χ0n) is 16.6. The Balaban J connectivity index is 1.37. The predicted octanol–water partition coefficient (Wildman–Crippen LogP) is 4.19. The third-order valence-electron chi connectivity index (χ3n) is 4.48. The number of para-hydroxylation sites is 3. The number of amides is 1. The summed E-state index contributed by atoms with van der Waals surface area (Å²) in [6, 6.07) is 27.7. The van der Waals surface area contributed by atoms with Gasteiger partial charge in [-0.3, -0.25) is 15.6 Å². The minimum absolute atomic E-state index is 0.194. The molecule has 0 radical (unpaired) electrons. The fourth-order valence-electron chi connectivity index (χ4n) is 3.06. The van der Waals surface area contributed by atoms with Gasteiger partial charge in [0.25, 0.3) is 0 Å². The number of hydrogen-bond donors (Lipinski definition) is 3. The molecule has 4 aromatic rings. The van der Waals surface area contributed by atoms with Gasteiger partial charge >= 0.3 is 0 Å². The van der Waals surface area contributed by atoms with Gasteiger partial charge in [-0.25, -0.2) is 4.98 Å². The van der Waals surface area contributed by atoms with E-state index in [-0.39, 0.29) is 11.7 Å². The number of nitrogens with zero attached hydrogens (tertiary/aromatic N) is 2. The highest BCUT2D eigenvalue weighted by atomic mass is 32.2. The molecule has 0 spiro atoms. The molecule has 156 valence electrons. The average Bonchev–Trinajstić information content (AvgIpc) is 3.15. The molecule has 1 heterocycles. The molecule has 1 aromatic heterocycles. The molecule has 6 nitrogen and oxygen atoms in total. The van der Waals surface area contributed by atoms with Crippen molar-refractivity contribution in [3.8, 4) is 0 Å². The van der Waals surface area contributed by atoms with Crippen molar-refractivity contribution in [1.29, 1.82) is 0 Å². The van der Waals surface area contributed by atoms with Crippen LogP contribution in [0.25, 0.3) is 11.0 Å². The average molecular weight is 448 g/mol. The van der Waals surface area contributed by atoms with E-state index in [0.717, 1.165) is 21.9 Å². The molecule has 0 fully saturated rings. The normalized spacial score (nSPS) is 10.6. The number of hydrogen-bond acceptors (Lipinski definition) is 4. The van der Waals surface area contributed by atoms with E-state index in [2.05, 4.69) is 32.9 Å². The van der Waals surface area contributed by atoms with Gasteiger partial charge in [-0.2, -0.15) is 0 Å². The van der Waals surface area contributed by atoms with Crippen LogP contribution in [0.15, 0.2) is 90.1 Å². The van der Waals surface area contributed by atoms with Crippen LogP contribution in [0, 0.1) is 0 Å². The standard InChI is InChI=1S/C23H21N5OS2/c29-21(26-27-22(30)24-18-11-5-2-6-12-18)16-31-23-25-19-13-7-8-14-20(19)28(23)15-17-9-3-1-4-10-17/h1-14H,15-16H2,(H,26,29)(H2,24,27,30). The van der Waals surface area contributed by atoms with E-state index in [9.17, 15) is 4.79 Å². The minimum atomic E-state index is -0.194. The minimum Gasteiger partial charge on any atom is -0.331 e. The highest BCUT2D eigenvalue weighted by Gasteiger charge is 2.13. The summed E-state index contributed by atoms with van der Waals surface area (Å²) < 4.78 is 2.14. The predicted molar refractivity (Wildman–Crippen MR) is 130 cm³/mol. The van der Waals surface area contributed by atoms with Crippen molar-refractivity contribution in [1.82, 2.24) is 20.4 Å². The van der Waals surface area contributed by atoms with E-state index in [4.69, 9.17) is 17.2 Å². The molecule has 0 unspecified atom stereocenters. The largest absolute Gasteiger partial charge is 0.331 e. The number of thiocarbonyl (C=S) groups is 1. The molecule has 0 aliphatic carbocycles. The lowest BCUT2D eigenvalue weighted by Gasteiger charge is -2.12. The maximum atomic E-state index is 12.3. The zero-order valence-corrected chi connectivity index (χ0v) is 18.2. The number of carbonyl (C=O) groups is 1. The summed E-state index contributed by atoms with van der Waals surface area (Å²) in [7, 11) is 0. The second-order valence-electron chi connectivity index (χ2n) is 6.74. The Labute approximate surface area is 190 Å². The van der Waals surface area contributed by atoms with Crippen LogP contribution in [-0.4, -0.2) is 26.3 Å². The van der Waals surface area contributed by atoms with E-state index in [1.807, 2.05) is 72.8 Å². The van der Waals surface area contributed by atoms with E-state index in [1.165, 1.54) is 17.3 Å². The molecule has 0 saturated heterocycles. The van der Waals surface area contributed by atoms with Gasteiger partial charge in [0.1, 0.15) is 0 Å². The molecule has 0 atom stereocenters. The monoisotopic (exact) mass is 447 g/mol. The van der Waals surface area contributed by atoms with Crippen molar-refractivity contribution in [2.24, 2.45) is 0 Å². The molecule has 0 bridgehead atoms. The Morgan fingerprint density at radius 1 is 0.903 bits per heavy atom. The lowest BCUT2D eigenvalue weighted by molar-refractivity contribution is -0.119. The van der Waals surface area contributed by atoms with Crippen LogP contribution in [0.3, 0.4) is 0 Å². The zero-order chi connectivity index (χ0) is 21.5. The number of fused-ring (bicyclic) bond motifs is 1. The van der Waals surface area contributed by atoms with E-state index in [1.54, 1.807) is 0 Å². The second-order valence-corrected chi connectivity index (χ2v) is 8.09. The Morgan fingerprint density at radius 3 is 2.35 bits per heavy atom. The molecule has 3 N–H and O–H groups in total. The first kappa shape index (κ1) is 20.9. The molecule has 0 saturated carbocycles. The number of anilines is 1. The van der Waals surface area contributed by atoms with Crippen LogP contribution in [0.5, 0.6) is 0 Å². The van der Waals surface area contributed by atoms with Crippen LogP contribution >= 0.6 is 24.0 Å². The van der Waals surface area contributed by atoms with Gasteiger partial charge in [-0.1, -0.05) is 72.4 Å². The van der Waals surface area contributed by atoms with Crippen LogP contribution < -0.4 is 16.2 Å². The van der Waals surface area contributed by atoms with Crippen LogP contribution in [0.1, 0.15) is 5.56 Å². The molecule has 1 amide bonds. The van der Waals surface area contributed by atoms with Crippen LogP contribution in [0.2, 0.25) is 0 Å². The molecular weight excluding hydrogens is 426 g/mol. The number of nitrogens with one attached hydrogen (secondary N) is 3. The first-order valence-corrected chi connectivity index (χ1v) is 11.1. The number of hydrazine groups is 1. The van der Waals surface area contributed by atoms with Gasteiger partial charge in [-0.05, 0) is 42.0 Å². The smallest absolute Gasteiger partial charge is 0.248 e. The van der Waals surface area contributed by atoms with Crippen molar-refractivity contribution in [2.75, 3.05) is 11.1 Å². The molecule has 3 aromatic carbocycles. The molecule has 8 heteroatoms. The maximum Gasteiger partial charge on any atom is 0.248 e. The molecule has 0 aliphatic heterocycles. The Hall–Kier alpha value is -3.36. The van der Waals surface area contributed by atoms with Gasteiger partial charge in [0.15, 0.2) is 10.3 Å². The fraction of sp³-hybridized carbons (Fsp3) is 0.0870. The summed E-state index contributed by atoms with van der Waals surface area (Å²) in [4.78, 5) is 17.1. The first-order valence-electron chi connectivity index (χ1n) is 9.72. The third-order valence-corrected chi connectivity index (χ3v) is 5.66. The Bertz CT molecular complexity index is 1180. The molecule has 31 heavy (non-hydrogen) atoms. The van der Waals surface area contributed by atoms with Crippen molar-refractivity contribution in [3.63, 3.8) is 0 Å². The van der Waals surface area contributed by atoms with Gasteiger partial charge < -0.3 is 9.88 Å². The highest BCUT2D eigenvalue weighted by molar-refractivity contribution is 7.99. The molecule has 4 rings (SSSR count). The van der Waals surface area contributed by atoms with Gasteiger partial charge in [0.05, 0.1) is 23.3 Å². The van der Waals surface area contributed by atoms with Crippen molar-refractivity contribution in [3.05, 3.63) is 90.5 Å². The van der Waals surface area contributed by atoms with E-state index >= 15 is 0 Å². The lowest BCUT2D eigenvalue weighted by Crippen LogP contribution is -2.44. The summed E-state index contributed by atoms with van der Waals surface area (Å²) in [5.41, 5.74) is 9.33. The maximum absolute atomic E-state index is 12.3. The number of rotatable bonds is 6. The number of thioether (sulfide) groups is 1. The van der Waals surface area contributed by atoms with Crippen molar-refractivity contribution < 1.29 is 4.79 Å². The van der Waals surface area contributed by atoms with Crippen molar-refractivity contribution in [2.45, 2.75) is 11.7 Å². The number of carbonyl (C=O) groups excluding carboxylic acids is 1. The molecular formula is C23H21N5OS2. The SMILES string of the molecule is O=C(CSc1nc2ccccc2n1Cc1ccccc1)NNC(=S)Nc1ccccc1. The number of aromatic nitrogens is 2.